The van der Waals surface area contributed by atoms with Crippen molar-refractivity contribution >= 4 is 29.0 Å². The molecule has 0 fully saturated rings. The third kappa shape index (κ3) is 3.71. The van der Waals surface area contributed by atoms with Gasteiger partial charge in [0.25, 0.3) is 0 Å². The number of rotatable bonds is 5. The molecular formula is C24H23ClFNO5. The van der Waals surface area contributed by atoms with Gasteiger partial charge in [-0.15, -0.1) is 0 Å². The van der Waals surface area contributed by atoms with Crippen molar-refractivity contribution in [3.63, 3.8) is 0 Å². The minimum atomic E-state index is -0.568. The van der Waals surface area contributed by atoms with Gasteiger partial charge in [0.05, 0.1) is 32.0 Å². The molecule has 0 saturated heterocycles. The molecule has 1 atom stereocenters. The lowest BCUT2D eigenvalue weighted by atomic mass is 9.76. The van der Waals surface area contributed by atoms with Gasteiger partial charge in [-0.1, -0.05) is 11.6 Å². The van der Waals surface area contributed by atoms with Crippen LogP contribution in [0.3, 0.4) is 0 Å². The number of nitrogens with zero attached hydrogens (tertiary/aromatic N) is 1. The number of anilines is 1. The van der Waals surface area contributed by atoms with Crippen LogP contribution >= 0.6 is 11.6 Å². The standard InChI is InChI=1S/C24H23ClFNO5/c1-30-20-12-22(32-3)21(31-2)10-14(20)15-11-23(29)27(13-7-8-17(26)16(25)9-13)18-5-4-6-19(28)24(15)18/h7-10,12,15H,4-6,11H2,1-3H3/t15-/m1/s1. The molecule has 1 heterocycles. The van der Waals surface area contributed by atoms with Crippen molar-refractivity contribution in [3.05, 3.63) is 58.0 Å². The van der Waals surface area contributed by atoms with Crippen LogP contribution in [0.2, 0.25) is 5.02 Å². The quantitative estimate of drug-likeness (QED) is 0.627. The Morgan fingerprint density at radius 3 is 2.31 bits per heavy atom. The van der Waals surface area contributed by atoms with Crippen molar-refractivity contribution in [2.45, 2.75) is 31.6 Å². The van der Waals surface area contributed by atoms with E-state index in [-0.39, 0.29) is 23.1 Å². The van der Waals surface area contributed by atoms with Crippen LogP contribution in [0.25, 0.3) is 0 Å². The van der Waals surface area contributed by atoms with Gasteiger partial charge in [0.2, 0.25) is 5.91 Å². The maximum Gasteiger partial charge on any atom is 0.232 e. The van der Waals surface area contributed by atoms with Gasteiger partial charge in [-0.2, -0.15) is 0 Å². The number of ketones is 1. The summed E-state index contributed by atoms with van der Waals surface area (Å²) < 4.78 is 30.1. The number of amides is 1. The Kier molecular flexibility index (Phi) is 6.11. The maximum absolute atomic E-state index is 13.7. The molecule has 0 N–H and O–H groups in total. The highest BCUT2D eigenvalue weighted by Crippen LogP contribution is 2.48. The van der Waals surface area contributed by atoms with Crippen LogP contribution < -0.4 is 19.1 Å². The summed E-state index contributed by atoms with van der Waals surface area (Å²) in [6.45, 7) is 0. The highest BCUT2D eigenvalue weighted by molar-refractivity contribution is 6.31. The van der Waals surface area contributed by atoms with Crippen molar-refractivity contribution in [1.29, 1.82) is 0 Å². The van der Waals surface area contributed by atoms with Crippen LogP contribution in [0, 0.1) is 5.82 Å². The minimum Gasteiger partial charge on any atom is -0.496 e. The van der Waals surface area contributed by atoms with E-state index < -0.39 is 11.7 Å². The van der Waals surface area contributed by atoms with Gasteiger partial charge in [0.1, 0.15) is 11.6 Å². The van der Waals surface area contributed by atoms with E-state index in [1.54, 1.807) is 12.1 Å². The fourth-order valence-electron chi connectivity index (χ4n) is 4.51. The van der Waals surface area contributed by atoms with Gasteiger partial charge in [-0.05, 0) is 37.1 Å². The molecule has 0 spiro atoms. The van der Waals surface area contributed by atoms with E-state index in [0.717, 1.165) is 0 Å². The number of carbonyl (C=O) groups is 2. The topological polar surface area (TPSA) is 65.1 Å². The molecule has 168 valence electrons. The van der Waals surface area contributed by atoms with Crippen LogP contribution in [0.1, 0.15) is 37.2 Å². The number of hydrogen-bond donors (Lipinski definition) is 0. The molecule has 32 heavy (non-hydrogen) atoms. The molecule has 0 unspecified atom stereocenters. The summed E-state index contributed by atoms with van der Waals surface area (Å²) in [6.07, 6.45) is 1.63. The van der Waals surface area contributed by atoms with E-state index in [2.05, 4.69) is 0 Å². The first-order valence-electron chi connectivity index (χ1n) is 10.2. The number of hydrogen-bond acceptors (Lipinski definition) is 5. The second-order valence-corrected chi connectivity index (χ2v) is 8.08. The number of allylic oxidation sites excluding steroid dienone is 2. The van der Waals surface area contributed by atoms with E-state index in [9.17, 15) is 14.0 Å². The summed E-state index contributed by atoms with van der Waals surface area (Å²) in [4.78, 5) is 28.0. The molecule has 2 aliphatic rings. The monoisotopic (exact) mass is 459 g/mol. The lowest BCUT2D eigenvalue weighted by Crippen LogP contribution is -2.40. The van der Waals surface area contributed by atoms with Crippen molar-refractivity contribution in [1.82, 2.24) is 0 Å². The van der Waals surface area contributed by atoms with E-state index in [4.69, 9.17) is 25.8 Å². The third-order valence-electron chi connectivity index (χ3n) is 5.95. The van der Waals surface area contributed by atoms with Crippen LogP contribution in [0.4, 0.5) is 10.1 Å². The average Bonchev–Trinajstić information content (AvgIpc) is 2.79. The highest BCUT2D eigenvalue weighted by Gasteiger charge is 2.41. The second-order valence-electron chi connectivity index (χ2n) is 7.67. The van der Waals surface area contributed by atoms with E-state index in [1.165, 1.54) is 44.4 Å². The van der Waals surface area contributed by atoms with Gasteiger partial charge < -0.3 is 14.2 Å². The van der Waals surface area contributed by atoms with Crippen molar-refractivity contribution in [3.8, 4) is 17.2 Å². The Morgan fingerprint density at radius 2 is 1.66 bits per heavy atom. The van der Waals surface area contributed by atoms with Gasteiger partial charge in [-0.3, -0.25) is 14.5 Å². The fourth-order valence-corrected chi connectivity index (χ4v) is 4.68. The normalized spacial score (nSPS) is 18.5. The Hall–Kier alpha value is -3.06. The molecular weight excluding hydrogens is 437 g/mol. The Bertz CT molecular complexity index is 1130. The largest absolute Gasteiger partial charge is 0.496 e. The van der Waals surface area contributed by atoms with E-state index in [1.807, 2.05) is 0 Å². The fraction of sp³-hybridized carbons (Fsp3) is 0.333. The first-order chi connectivity index (χ1) is 15.4. The molecule has 2 aromatic rings. The Morgan fingerprint density at radius 1 is 0.969 bits per heavy atom. The zero-order chi connectivity index (χ0) is 23.0. The zero-order valence-electron chi connectivity index (χ0n) is 18.0. The van der Waals surface area contributed by atoms with E-state index >= 15 is 0 Å². The molecule has 0 radical (unpaired) electrons. The first kappa shape index (κ1) is 22.1. The Balaban J connectivity index is 1.90. The number of carbonyl (C=O) groups excluding carboxylic acids is 2. The summed E-state index contributed by atoms with van der Waals surface area (Å²) in [6, 6.07) is 7.58. The average molecular weight is 460 g/mol. The molecule has 1 aliphatic heterocycles. The number of ether oxygens (including phenoxy) is 3. The second kappa shape index (κ2) is 8.82. The molecule has 1 aliphatic carbocycles. The molecule has 0 bridgehead atoms. The molecule has 4 rings (SSSR count). The molecule has 0 saturated carbocycles. The molecule has 1 amide bonds. The predicted octanol–water partition coefficient (Wildman–Crippen LogP) is 5.03. The lowest BCUT2D eigenvalue weighted by Gasteiger charge is -2.38. The number of Topliss-reactive ketones (excluding diaryl/α,β-unsaturated/α-hetero) is 1. The van der Waals surface area contributed by atoms with Crippen LogP contribution in [-0.4, -0.2) is 33.0 Å². The van der Waals surface area contributed by atoms with E-state index in [0.29, 0.717) is 59.0 Å². The van der Waals surface area contributed by atoms with Crippen molar-refractivity contribution in [2.75, 3.05) is 26.2 Å². The third-order valence-corrected chi connectivity index (χ3v) is 6.24. The predicted molar refractivity (Wildman–Crippen MR) is 118 cm³/mol. The summed E-state index contributed by atoms with van der Waals surface area (Å²) >= 11 is 5.97. The number of halogens is 2. The smallest absolute Gasteiger partial charge is 0.232 e. The summed E-state index contributed by atoms with van der Waals surface area (Å²) in [7, 11) is 4.58. The molecule has 2 aromatic carbocycles. The first-order valence-corrected chi connectivity index (χ1v) is 10.6. The summed E-state index contributed by atoms with van der Waals surface area (Å²) in [5.41, 5.74) is 2.32. The lowest BCUT2D eigenvalue weighted by molar-refractivity contribution is -0.119. The van der Waals surface area contributed by atoms with Gasteiger partial charge >= 0.3 is 0 Å². The SMILES string of the molecule is COc1cc(OC)c([C@H]2CC(=O)N(c3ccc(F)c(Cl)c3)C3=C2C(=O)CCC3)cc1OC. The summed E-state index contributed by atoms with van der Waals surface area (Å²) in [5.74, 6) is 0.190. The van der Waals surface area contributed by atoms with Crippen LogP contribution in [0.15, 0.2) is 41.6 Å². The number of methoxy groups -OCH3 is 3. The molecule has 8 heteroatoms. The van der Waals surface area contributed by atoms with Gasteiger partial charge in [-0.25, -0.2) is 4.39 Å². The van der Waals surface area contributed by atoms with Crippen LogP contribution in [0.5, 0.6) is 17.2 Å². The van der Waals surface area contributed by atoms with Crippen molar-refractivity contribution in [2.24, 2.45) is 0 Å². The highest BCUT2D eigenvalue weighted by atomic mass is 35.5. The Labute approximate surface area is 190 Å². The van der Waals surface area contributed by atoms with Crippen LogP contribution in [-0.2, 0) is 9.59 Å². The molecule has 6 nitrogen and oxygen atoms in total. The van der Waals surface area contributed by atoms with Gasteiger partial charge in [0.15, 0.2) is 17.3 Å². The van der Waals surface area contributed by atoms with Gasteiger partial charge in [0, 0.05) is 41.7 Å². The molecule has 0 aromatic heterocycles. The summed E-state index contributed by atoms with van der Waals surface area (Å²) in [5, 5.41) is -0.0803. The minimum absolute atomic E-state index is 0.0150. The maximum atomic E-state index is 13.7. The number of benzene rings is 2. The van der Waals surface area contributed by atoms with Crippen molar-refractivity contribution < 1.29 is 28.2 Å². The zero-order valence-corrected chi connectivity index (χ0v) is 18.8.